The van der Waals surface area contributed by atoms with Gasteiger partial charge < -0.3 is 5.11 Å². The first-order valence-corrected chi connectivity index (χ1v) is 8.51. The molecule has 0 radical (unpaired) electrons. The predicted octanol–water partition coefficient (Wildman–Crippen LogP) is 2.35. The molecule has 1 aromatic rings. The van der Waals surface area contributed by atoms with E-state index in [9.17, 15) is 26.4 Å². The normalized spacial score (nSPS) is 13.9. The molecular weight excluding hydrogens is 329 g/mol. The van der Waals surface area contributed by atoms with Gasteiger partial charge in [0.15, 0.2) is 15.1 Å². The minimum Gasteiger partial charge on any atom is -0.480 e. The molecular formula is C12H13F3O4S2. The molecule has 1 aromatic carbocycles. The van der Waals surface area contributed by atoms with Gasteiger partial charge in [0, 0.05) is 5.75 Å². The second-order valence-corrected chi connectivity index (χ2v) is 7.64. The number of thioether (sulfide) groups is 1. The number of rotatable bonds is 7. The molecule has 0 fully saturated rings. The maximum Gasteiger partial charge on any atom is 0.441 e. The molecule has 0 amide bonds. The van der Waals surface area contributed by atoms with Crippen LogP contribution in [0.25, 0.3) is 0 Å². The number of carboxylic acid groups (broad SMARTS) is 1. The molecule has 0 heterocycles. The van der Waals surface area contributed by atoms with Gasteiger partial charge >= 0.3 is 11.5 Å². The van der Waals surface area contributed by atoms with Gasteiger partial charge in [0.05, 0.1) is 5.75 Å². The standard InChI is InChI=1S/C12H13F3O4S2/c13-12(14,15)20-6-7-21(18,19)10(11(16)17)8-9-4-2-1-3-5-9/h1-5,10H,6-8H2,(H,16,17). The lowest BCUT2D eigenvalue weighted by Crippen LogP contribution is -2.35. The molecule has 0 aliphatic carbocycles. The highest BCUT2D eigenvalue weighted by molar-refractivity contribution is 8.01. The molecule has 9 heteroatoms. The molecule has 4 nitrogen and oxygen atoms in total. The Morgan fingerprint density at radius 1 is 1.24 bits per heavy atom. The fraction of sp³-hybridized carbons (Fsp3) is 0.417. The maximum atomic E-state index is 12.0. The Balaban J connectivity index is 2.77. The van der Waals surface area contributed by atoms with Gasteiger partial charge in [0.25, 0.3) is 0 Å². The molecule has 1 atom stereocenters. The number of alkyl halides is 3. The van der Waals surface area contributed by atoms with Crippen molar-refractivity contribution in [2.24, 2.45) is 0 Å². The molecule has 0 saturated heterocycles. The van der Waals surface area contributed by atoms with Crippen LogP contribution in [0.3, 0.4) is 0 Å². The lowest BCUT2D eigenvalue weighted by molar-refractivity contribution is -0.136. The predicted molar refractivity (Wildman–Crippen MR) is 73.9 cm³/mol. The van der Waals surface area contributed by atoms with Crippen LogP contribution in [0.5, 0.6) is 0 Å². The van der Waals surface area contributed by atoms with Crippen molar-refractivity contribution < 1.29 is 31.5 Å². The molecule has 118 valence electrons. The summed E-state index contributed by atoms with van der Waals surface area (Å²) in [6, 6.07) is 8.07. The van der Waals surface area contributed by atoms with Crippen LogP contribution in [-0.4, -0.2) is 41.8 Å². The Morgan fingerprint density at radius 3 is 2.29 bits per heavy atom. The summed E-state index contributed by atoms with van der Waals surface area (Å²) in [5.74, 6) is -3.11. The maximum absolute atomic E-state index is 12.0. The Labute approximate surface area is 124 Å². The lowest BCUT2D eigenvalue weighted by Gasteiger charge is -2.14. The minimum absolute atomic E-state index is 0.269. The summed E-state index contributed by atoms with van der Waals surface area (Å²) in [4.78, 5) is 11.1. The minimum atomic E-state index is -4.53. The number of hydrogen-bond acceptors (Lipinski definition) is 4. The molecule has 0 aromatic heterocycles. The van der Waals surface area contributed by atoms with E-state index in [-0.39, 0.29) is 6.42 Å². The highest BCUT2D eigenvalue weighted by Crippen LogP contribution is 2.30. The van der Waals surface area contributed by atoms with E-state index in [0.717, 1.165) is 0 Å². The topological polar surface area (TPSA) is 71.4 Å². The first-order valence-electron chi connectivity index (χ1n) is 5.81. The van der Waals surface area contributed by atoms with Crippen molar-refractivity contribution in [1.29, 1.82) is 0 Å². The zero-order chi connectivity index (χ0) is 16.1. The van der Waals surface area contributed by atoms with Crippen molar-refractivity contribution in [3.63, 3.8) is 0 Å². The fourth-order valence-electron chi connectivity index (χ4n) is 1.61. The van der Waals surface area contributed by atoms with E-state index in [1.165, 1.54) is 0 Å². The first-order chi connectivity index (χ1) is 9.62. The molecule has 1 unspecified atom stereocenters. The van der Waals surface area contributed by atoms with Gasteiger partial charge in [-0.15, -0.1) is 0 Å². The average Bonchev–Trinajstić information content (AvgIpc) is 2.34. The number of hydrogen-bond donors (Lipinski definition) is 1. The number of halogens is 3. The van der Waals surface area contributed by atoms with Gasteiger partial charge in [-0.25, -0.2) is 8.42 Å². The molecule has 1 N–H and O–H groups in total. The van der Waals surface area contributed by atoms with Crippen molar-refractivity contribution in [1.82, 2.24) is 0 Å². The molecule has 0 spiro atoms. The van der Waals surface area contributed by atoms with Crippen LogP contribution in [-0.2, 0) is 21.1 Å². The van der Waals surface area contributed by atoms with E-state index < -0.39 is 49.8 Å². The number of carbonyl (C=O) groups is 1. The lowest BCUT2D eigenvalue weighted by atomic mass is 10.1. The van der Waals surface area contributed by atoms with Crippen molar-refractivity contribution in [2.75, 3.05) is 11.5 Å². The van der Waals surface area contributed by atoms with E-state index in [1.54, 1.807) is 30.3 Å². The zero-order valence-electron chi connectivity index (χ0n) is 10.7. The summed E-state index contributed by atoms with van der Waals surface area (Å²) in [6.07, 6.45) is -0.269. The van der Waals surface area contributed by atoms with Gasteiger partial charge in [-0.1, -0.05) is 30.3 Å². The summed E-state index contributed by atoms with van der Waals surface area (Å²) in [7, 11) is -4.16. The van der Waals surface area contributed by atoms with E-state index >= 15 is 0 Å². The molecule has 0 bridgehead atoms. The van der Waals surface area contributed by atoms with Gasteiger partial charge in [0.1, 0.15) is 0 Å². The highest BCUT2D eigenvalue weighted by atomic mass is 32.2. The summed E-state index contributed by atoms with van der Waals surface area (Å²) in [6.45, 7) is 0. The van der Waals surface area contributed by atoms with E-state index in [0.29, 0.717) is 5.56 Å². The van der Waals surface area contributed by atoms with Crippen LogP contribution in [0, 0.1) is 0 Å². The Morgan fingerprint density at radius 2 is 1.81 bits per heavy atom. The molecule has 0 aliphatic rings. The molecule has 0 aliphatic heterocycles. The molecule has 0 saturated carbocycles. The summed E-state index contributed by atoms with van der Waals surface area (Å²) in [5, 5.41) is 7.28. The summed E-state index contributed by atoms with van der Waals surface area (Å²) >= 11 is -0.476. The fourth-order valence-corrected chi connectivity index (χ4v) is 4.14. The average molecular weight is 342 g/mol. The van der Waals surface area contributed by atoms with Gasteiger partial charge in [-0.3, -0.25) is 4.79 Å². The van der Waals surface area contributed by atoms with Crippen molar-refractivity contribution in [3.8, 4) is 0 Å². The SMILES string of the molecule is O=C(O)C(Cc1ccccc1)S(=O)(=O)CCSC(F)(F)F. The van der Waals surface area contributed by atoms with Crippen LogP contribution < -0.4 is 0 Å². The zero-order valence-corrected chi connectivity index (χ0v) is 12.3. The van der Waals surface area contributed by atoms with Crippen LogP contribution in [0.1, 0.15) is 5.56 Å². The van der Waals surface area contributed by atoms with Gasteiger partial charge in [-0.05, 0) is 23.7 Å². The number of sulfone groups is 1. The smallest absolute Gasteiger partial charge is 0.441 e. The van der Waals surface area contributed by atoms with Crippen molar-refractivity contribution >= 4 is 27.6 Å². The van der Waals surface area contributed by atoms with E-state index in [1.807, 2.05) is 0 Å². The van der Waals surface area contributed by atoms with Gasteiger partial charge in [-0.2, -0.15) is 13.2 Å². The van der Waals surface area contributed by atoms with Crippen LogP contribution >= 0.6 is 11.8 Å². The van der Waals surface area contributed by atoms with Crippen molar-refractivity contribution in [3.05, 3.63) is 35.9 Å². The number of aliphatic carboxylic acids is 1. The largest absolute Gasteiger partial charge is 0.480 e. The van der Waals surface area contributed by atoms with E-state index in [4.69, 9.17) is 5.11 Å². The molecule has 21 heavy (non-hydrogen) atoms. The third-order valence-electron chi connectivity index (χ3n) is 2.61. The van der Waals surface area contributed by atoms with E-state index in [2.05, 4.69) is 0 Å². The molecule has 1 rings (SSSR count). The third kappa shape index (κ3) is 6.38. The number of carboxylic acids is 1. The third-order valence-corrected chi connectivity index (χ3v) is 5.61. The Hall–Kier alpha value is -1.22. The summed E-state index contributed by atoms with van der Waals surface area (Å²) < 4.78 is 59.8. The Bertz CT molecular complexity index is 570. The second-order valence-electron chi connectivity index (χ2n) is 4.18. The summed E-state index contributed by atoms with van der Waals surface area (Å²) in [5.41, 5.74) is -4.04. The quantitative estimate of drug-likeness (QED) is 0.824. The van der Waals surface area contributed by atoms with Crippen LogP contribution in [0.2, 0.25) is 0 Å². The second kappa shape index (κ2) is 7.17. The number of benzene rings is 1. The highest BCUT2D eigenvalue weighted by Gasteiger charge is 2.34. The first kappa shape index (κ1) is 17.8. The van der Waals surface area contributed by atoms with Gasteiger partial charge in [0.2, 0.25) is 0 Å². The van der Waals surface area contributed by atoms with Crippen LogP contribution in [0.4, 0.5) is 13.2 Å². The monoisotopic (exact) mass is 342 g/mol. The van der Waals surface area contributed by atoms with Crippen LogP contribution in [0.15, 0.2) is 30.3 Å². The Kier molecular flexibility index (Phi) is 6.09. The van der Waals surface area contributed by atoms with Crippen molar-refractivity contribution in [2.45, 2.75) is 17.2 Å².